The Morgan fingerprint density at radius 3 is 2.46 bits per heavy atom. The number of sulfonamides is 1. The van der Waals surface area contributed by atoms with Crippen LogP contribution in [0, 0.1) is 0 Å². The highest BCUT2D eigenvalue weighted by Crippen LogP contribution is 2.25. The summed E-state index contributed by atoms with van der Waals surface area (Å²) >= 11 is 0. The number of hydrogen-bond acceptors (Lipinski definition) is 5. The van der Waals surface area contributed by atoms with Crippen molar-refractivity contribution in [3.05, 3.63) is 23.8 Å². The molecule has 136 valence electrons. The molecule has 1 atom stereocenters. The van der Waals surface area contributed by atoms with Gasteiger partial charge in [0.1, 0.15) is 10.6 Å². The van der Waals surface area contributed by atoms with Crippen LogP contribution in [0.1, 0.15) is 38.1 Å². The van der Waals surface area contributed by atoms with E-state index < -0.39 is 10.0 Å². The van der Waals surface area contributed by atoms with Gasteiger partial charge in [-0.05, 0) is 45.5 Å². The minimum Gasteiger partial charge on any atom is -0.495 e. The molecule has 1 rings (SSSR count). The first-order valence-corrected chi connectivity index (χ1v) is 9.41. The number of likely N-dealkylation sites (N-methyl/N-ethyl adjacent to an activating group) is 1. The van der Waals surface area contributed by atoms with E-state index in [0.29, 0.717) is 6.54 Å². The summed E-state index contributed by atoms with van der Waals surface area (Å²) in [5.41, 5.74) is 0.267. The molecular weight excluding hydrogens is 330 g/mol. The van der Waals surface area contributed by atoms with Gasteiger partial charge in [0.25, 0.3) is 5.91 Å². The molecule has 1 aromatic carbocycles. The molecule has 0 saturated carbocycles. The average molecular weight is 357 g/mol. The van der Waals surface area contributed by atoms with Crippen molar-refractivity contribution in [3.8, 4) is 5.75 Å². The second kappa shape index (κ2) is 9.00. The van der Waals surface area contributed by atoms with Gasteiger partial charge in [0.05, 0.1) is 7.11 Å². The Hall–Kier alpha value is -1.64. The molecule has 0 unspecified atom stereocenters. The molecule has 0 spiro atoms. The van der Waals surface area contributed by atoms with Crippen LogP contribution >= 0.6 is 0 Å². The highest BCUT2D eigenvalue weighted by molar-refractivity contribution is 7.89. The molecule has 0 saturated heterocycles. The fourth-order valence-corrected chi connectivity index (χ4v) is 3.62. The number of benzene rings is 1. The molecule has 0 aliphatic heterocycles. The van der Waals surface area contributed by atoms with Crippen LogP contribution in [0.4, 0.5) is 0 Å². The Balaban J connectivity index is 3.03. The molecule has 1 aromatic rings. The minimum atomic E-state index is -3.77. The van der Waals surface area contributed by atoms with Crippen molar-refractivity contribution in [3.63, 3.8) is 0 Å². The quantitative estimate of drug-likeness (QED) is 0.615. The summed E-state index contributed by atoms with van der Waals surface area (Å²) in [6, 6.07) is 4.22. The lowest BCUT2D eigenvalue weighted by molar-refractivity contribution is 0.0950. The van der Waals surface area contributed by atoms with Crippen LogP contribution in [0.5, 0.6) is 5.75 Å². The number of hydrogen-bond donors (Lipinski definition) is 3. The number of rotatable bonds is 9. The van der Waals surface area contributed by atoms with Crippen LogP contribution in [0.15, 0.2) is 23.1 Å². The molecule has 1 amide bonds. The van der Waals surface area contributed by atoms with Crippen LogP contribution in [-0.4, -0.2) is 46.6 Å². The van der Waals surface area contributed by atoms with Crippen LogP contribution in [0.3, 0.4) is 0 Å². The van der Waals surface area contributed by atoms with Gasteiger partial charge >= 0.3 is 0 Å². The highest BCUT2D eigenvalue weighted by Gasteiger charge is 2.22. The first-order chi connectivity index (χ1) is 11.2. The zero-order chi connectivity index (χ0) is 18.3. The van der Waals surface area contributed by atoms with Gasteiger partial charge in [-0.25, -0.2) is 13.1 Å². The number of amides is 1. The molecule has 24 heavy (non-hydrogen) atoms. The average Bonchev–Trinajstić information content (AvgIpc) is 2.51. The normalized spacial score (nSPS) is 12.9. The van der Waals surface area contributed by atoms with Crippen molar-refractivity contribution in [2.24, 2.45) is 0 Å². The molecule has 8 heteroatoms. The van der Waals surface area contributed by atoms with Crippen molar-refractivity contribution in [2.45, 2.75) is 44.7 Å². The van der Waals surface area contributed by atoms with E-state index >= 15 is 0 Å². The Labute approximate surface area is 144 Å². The lowest BCUT2D eigenvalue weighted by Crippen LogP contribution is -2.38. The van der Waals surface area contributed by atoms with Crippen molar-refractivity contribution < 1.29 is 17.9 Å². The van der Waals surface area contributed by atoms with Gasteiger partial charge in [0, 0.05) is 24.2 Å². The molecule has 0 radical (unpaired) electrons. The van der Waals surface area contributed by atoms with Gasteiger partial charge in [-0.15, -0.1) is 0 Å². The standard InChI is InChI=1S/C16H27N3O4S/c1-6-17-12(4)10-18-16(20)13-7-8-14(23-5)15(9-13)24(21,22)19-11(2)3/h7-9,11-12,17,19H,6,10H2,1-5H3,(H,18,20)/t12-/m1/s1. The van der Waals surface area contributed by atoms with E-state index in [2.05, 4.69) is 15.4 Å². The predicted molar refractivity (Wildman–Crippen MR) is 93.9 cm³/mol. The molecule has 0 bridgehead atoms. The fourth-order valence-electron chi connectivity index (χ4n) is 2.17. The zero-order valence-corrected chi connectivity index (χ0v) is 15.7. The second-order valence-electron chi connectivity index (χ2n) is 5.81. The molecule has 0 aliphatic rings. The van der Waals surface area contributed by atoms with E-state index in [-0.39, 0.29) is 34.2 Å². The summed E-state index contributed by atoms with van der Waals surface area (Å²) in [6.07, 6.45) is 0. The van der Waals surface area contributed by atoms with Gasteiger partial charge in [-0.2, -0.15) is 0 Å². The van der Waals surface area contributed by atoms with Crippen LogP contribution in [0.2, 0.25) is 0 Å². The Morgan fingerprint density at radius 2 is 1.92 bits per heavy atom. The molecule has 3 N–H and O–H groups in total. The number of carbonyl (C=O) groups excluding carboxylic acids is 1. The largest absolute Gasteiger partial charge is 0.495 e. The monoisotopic (exact) mass is 357 g/mol. The number of methoxy groups -OCH3 is 1. The van der Waals surface area contributed by atoms with Crippen LogP contribution in [0.25, 0.3) is 0 Å². The Bertz CT molecular complexity index is 659. The summed E-state index contributed by atoms with van der Waals surface area (Å²) in [5, 5.41) is 5.97. The van der Waals surface area contributed by atoms with E-state index in [1.165, 1.54) is 19.2 Å². The van der Waals surface area contributed by atoms with E-state index in [4.69, 9.17) is 4.74 Å². The van der Waals surface area contributed by atoms with E-state index in [9.17, 15) is 13.2 Å². The maximum atomic E-state index is 12.4. The third-order valence-electron chi connectivity index (χ3n) is 3.23. The summed E-state index contributed by atoms with van der Waals surface area (Å²) in [6.45, 7) is 8.65. The summed E-state index contributed by atoms with van der Waals surface area (Å²) in [7, 11) is -2.38. The molecular formula is C16H27N3O4S. The van der Waals surface area contributed by atoms with Crippen molar-refractivity contribution >= 4 is 15.9 Å². The lowest BCUT2D eigenvalue weighted by Gasteiger charge is -2.15. The molecule has 0 aromatic heterocycles. The minimum absolute atomic E-state index is 0.0499. The van der Waals surface area contributed by atoms with Crippen molar-refractivity contribution in [1.29, 1.82) is 0 Å². The SMILES string of the molecule is CCN[C@H](C)CNC(=O)c1ccc(OC)c(S(=O)(=O)NC(C)C)c1. The van der Waals surface area contributed by atoms with Crippen LogP contribution < -0.4 is 20.1 Å². The van der Waals surface area contributed by atoms with Gasteiger partial charge in [-0.1, -0.05) is 6.92 Å². The summed E-state index contributed by atoms with van der Waals surface area (Å²) in [4.78, 5) is 12.2. The maximum Gasteiger partial charge on any atom is 0.251 e. The Morgan fingerprint density at radius 1 is 1.25 bits per heavy atom. The van der Waals surface area contributed by atoms with Gasteiger partial charge in [0.15, 0.2) is 0 Å². The predicted octanol–water partition coefficient (Wildman–Crippen LogP) is 1.11. The Kier molecular flexibility index (Phi) is 7.65. The highest BCUT2D eigenvalue weighted by atomic mass is 32.2. The maximum absolute atomic E-state index is 12.4. The molecule has 0 aliphatic carbocycles. The molecule has 0 heterocycles. The number of nitrogens with one attached hydrogen (secondary N) is 3. The molecule has 7 nitrogen and oxygen atoms in total. The second-order valence-corrected chi connectivity index (χ2v) is 7.49. The first-order valence-electron chi connectivity index (χ1n) is 7.93. The van der Waals surface area contributed by atoms with Gasteiger partial charge in [0.2, 0.25) is 10.0 Å². The smallest absolute Gasteiger partial charge is 0.251 e. The van der Waals surface area contributed by atoms with E-state index in [1.807, 2.05) is 13.8 Å². The van der Waals surface area contributed by atoms with Gasteiger partial charge in [-0.3, -0.25) is 4.79 Å². The van der Waals surface area contributed by atoms with Crippen molar-refractivity contribution in [1.82, 2.24) is 15.4 Å². The summed E-state index contributed by atoms with van der Waals surface area (Å²) < 4.78 is 32.4. The van der Waals surface area contributed by atoms with Crippen LogP contribution in [-0.2, 0) is 10.0 Å². The van der Waals surface area contributed by atoms with Gasteiger partial charge < -0.3 is 15.4 Å². The third-order valence-corrected chi connectivity index (χ3v) is 4.91. The first kappa shape index (κ1) is 20.4. The fraction of sp³-hybridized carbons (Fsp3) is 0.562. The number of ether oxygens (including phenoxy) is 1. The lowest BCUT2D eigenvalue weighted by atomic mass is 10.2. The topological polar surface area (TPSA) is 96.5 Å². The summed E-state index contributed by atoms with van der Waals surface area (Å²) in [5.74, 6) is -0.135. The molecule has 0 fully saturated rings. The van der Waals surface area contributed by atoms with Crippen molar-refractivity contribution in [2.75, 3.05) is 20.2 Å². The zero-order valence-electron chi connectivity index (χ0n) is 14.8. The van der Waals surface area contributed by atoms with E-state index in [1.54, 1.807) is 19.9 Å². The van der Waals surface area contributed by atoms with E-state index in [0.717, 1.165) is 6.54 Å². The third kappa shape index (κ3) is 5.77. The number of carbonyl (C=O) groups is 1.